The van der Waals surface area contributed by atoms with Crippen molar-refractivity contribution in [3.63, 3.8) is 0 Å². The lowest BCUT2D eigenvalue weighted by Crippen LogP contribution is -2.54. The van der Waals surface area contributed by atoms with Crippen LogP contribution in [0.3, 0.4) is 0 Å². The van der Waals surface area contributed by atoms with Gasteiger partial charge in [0.05, 0.1) is 11.3 Å². The Bertz CT molecular complexity index is 835. The minimum absolute atomic E-state index is 0.128. The third-order valence-electron chi connectivity index (χ3n) is 6.24. The Kier molecular flexibility index (Phi) is 5.29. The van der Waals surface area contributed by atoms with Gasteiger partial charge in [-0.2, -0.15) is 0 Å². The number of halogens is 1. The Labute approximate surface area is 170 Å². The number of anilines is 1. The van der Waals surface area contributed by atoms with Crippen LogP contribution < -0.4 is 4.90 Å². The summed E-state index contributed by atoms with van der Waals surface area (Å²) < 4.78 is 13.9. The van der Waals surface area contributed by atoms with Crippen LogP contribution in [-0.4, -0.2) is 83.8 Å². The molecule has 1 aromatic carbocycles. The van der Waals surface area contributed by atoms with Gasteiger partial charge in [-0.15, -0.1) is 0 Å². The number of hydrogen-bond acceptors (Lipinski definition) is 4. The van der Waals surface area contributed by atoms with E-state index in [1.54, 1.807) is 4.90 Å². The van der Waals surface area contributed by atoms with Gasteiger partial charge in [0.25, 0.3) is 5.91 Å². The molecule has 3 amide bonds. The Morgan fingerprint density at radius 2 is 1.86 bits per heavy atom. The van der Waals surface area contributed by atoms with Gasteiger partial charge in [0.2, 0.25) is 11.8 Å². The van der Waals surface area contributed by atoms with E-state index in [0.29, 0.717) is 37.8 Å². The van der Waals surface area contributed by atoms with Crippen LogP contribution in [0.4, 0.5) is 10.1 Å². The number of amides is 3. The molecule has 1 atom stereocenters. The van der Waals surface area contributed by atoms with E-state index >= 15 is 0 Å². The molecular weight excluding hydrogens is 375 g/mol. The standard InChI is InChI=1S/C21H27FN4O3/c1-14(2)23-8-10-24(11-9-23)19(27)13-26-17-6-5-15(22)12-16(17)20(28)25-7-3-4-18(25)21(26)29/h5-6,12,14,18H,3-4,7-11,13H2,1-2H3. The van der Waals surface area contributed by atoms with Gasteiger partial charge in [0.15, 0.2) is 0 Å². The second-order valence-corrected chi connectivity index (χ2v) is 8.25. The molecule has 0 radical (unpaired) electrons. The molecule has 0 bridgehead atoms. The Balaban J connectivity index is 1.59. The van der Waals surface area contributed by atoms with E-state index in [1.807, 2.05) is 0 Å². The van der Waals surface area contributed by atoms with Gasteiger partial charge in [0, 0.05) is 38.8 Å². The third-order valence-corrected chi connectivity index (χ3v) is 6.24. The van der Waals surface area contributed by atoms with E-state index in [1.165, 1.54) is 28.0 Å². The van der Waals surface area contributed by atoms with E-state index in [9.17, 15) is 18.8 Å². The normalized spacial score (nSPS) is 22.8. The summed E-state index contributed by atoms with van der Waals surface area (Å²) in [5, 5.41) is 0. The zero-order chi connectivity index (χ0) is 20.7. The molecule has 29 heavy (non-hydrogen) atoms. The summed E-state index contributed by atoms with van der Waals surface area (Å²) in [6, 6.07) is 3.69. The highest BCUT2D eigenvalue weighted by atomic mass is 19.1. The van der Waals surface area contributed by atoms with Crippen molar-refractivity contribution in [1.29, 1.82) is 0 Å². The summed E-state index contributed by atoms with van der Waals surface area (Å²) in [6.07, 6.45) is 1.30. The lowest BCUT2D eigenvalue weighted by atomic mass is 10.1. The first kappa shape index (κ1) is 19.8. The number of rotatable bonds is 3. The Morgan fingerprint density at radius 1 is 1.14 bits per heavy atom. The zero-order valence-corrected chi connectivity index (χ0v) is 16.9. The van der Waals surface area contributed by atoms with Crippen molar-refractivity contribution in [3.8, 4) is 0 Å². The van der Waals surface area contributed by atoms with Gasteiger partial charge in [0.1, 0.15) is 18.4 Å². The first-order valence-electron chi connectivity index (χ1n) is 10.3. The summed E-state index contributed by atoms with van der Waals surface area (Å²) in [7, 11) is 0. The quantitative estimate of drug-likeness (QED) is 0.765. The summed E-state index contributed by atoms with van der Waals surface area (Å²) in [4.78, 5) is 46.2. The van der Waals surface area contributed by atoms with Crippen LogP contribution in [0.1, 0.15) is 37.0 Å². The highest BCUT2D eigenvalue weighted by Gasteiger charge is 2.43. The topological polar surface area (TPSA) is 64.2 Å². The fraction of sp³-hybridized carbons (Fsp3) is 0.571. The van der Waals surface area contributed by atoms with Gasteiger partial charge in [-0.3, -0.25) is 19.3 Å². The maximum Gasteiger partial charge on any atom is 0.256 e. The van der Waals surface area contributed by atoms with Crippen LogP contribution in [0.15, 0.2) is 18.2 Å². The van der Waals surface area contributed by atoms with E-state index in [0.717, 1.165) is 19.5 Å². The minimum Gasteiger partial charge on any atom is -0.339 e. The summed E-state index contributed by atoms with van der Waals surface area (Å²) >= 11 is 0. The zero-order valence-electron chi connectivity index (χ0n) is 16.9. The number of benzene rings is 1. The van der Waals surface area contributed by atoms with Gasteiger partial charge >= 0.3 is 0 Å². The molecule has 0 aliphatic carbocycles. The largest absolute Gasteiger partial charge is 0.339 e. The second-order valence-electron chi connectivity index (χ2n) is 8.25. The van der Waals surface area contributed by atoms with Crippen molar-refractivity contribution in [2.75, 3.05) is 44.2 Å². The van der Waals surface area contributed by atoms with Crippen molar-refractivity contribution in [1.82, 2.24) is 14.7 Å². The number of piperazine rings is 1. The summed E-state index contributed by atoms with van der Waals surface area (Å²) in [6.45, 7) is 7.44. The van der Waals surface area contributed by atoms with Crippen LogP contribution in [0.5, 0.6) is 0 Å². The van der Waals surface area contributed by atoms with Crippen molar-refractivity contribution in [2.45, 2.75) is 38.8 Å². The maximum absolute atomic E-state index is 13.9. The SMILES string of the molecule is CC(C)N1CCN(C(=O)CN2C(=O)C3CCCN3C(=O)c3cc(F)ccc32)CC1. The average molecular weight is 402 g/mol. The molecular formula is C21H27FN4O3. The van der Waals surface area contributed by atoms with Crippen molar-refractivity contribution in [2.24, 2.45) is 0 Å². The van der Waals surface area contributed by atoms with Gasteiger partial charge in [-0.25, -0.2) is 4.39 Å². The molecule has 0 aromatic heterocycles. The molecule has 0 N–H and O–H groups in total. The van der Waals surface area contributed by atoms with Crippen LogP contribution >= 0.6 is 0 Å². The van der Waals surface area contributed by atoms with Crippen LogP contribution in [-0.2, 0) is 9.59 Å². The van der Waals surface area contributed by atoms with Crippen LogP contribution in [0, 0.1) is 5.82 Å². The molecule has 4 rings (SSSR count). The molecule has 1 unspecified atom stereocenters. The van der Waals surface area contributed by atoms with Crippen LogP contribution in [0.25, 0.3) is 0 Å². The number of fused-ring (bicyclic) bond motifs is 2. The molecule has 2 fully saturated rings. The molecule has 0 spiro atoms. The lowest BCUT2D eigenvalue weighted by molar-refractivity contribution is -0.133. The van der Waals surface area contributed by atoms with E-state index in [4.69, 9.17) is 0 Å². The number of carbonyl (C=O) groups excluding carboxylic acids is 3. The third kappa shape index (κ3) is 3.61. The highest BCUT2D eigenvalue weighted by molar-refractivity contribution is 6.12. The minimum atomic E-state index is -0.580. The van der Waals surface area contributed by atoms with Gasteiger partial charge < -0.3 is 14.7 Å². The van der Waals surface area contributed by atoms with Crippen molar-refractivity contribution >= 4 is 23.4 Å². The fourth-order valence-corrected chi connectivity index (χ4v) is 4.52. The van der Waals surface area contributed by atoms with E-state index in [-0.39, 0.29) is 29.8 Å². The molecule has 1 aromatic rings. The fourth-order valence-electron chi connectivity index (χ4n) is 4.52. The Morgan fingerprint density at radius 3 is 2.55 bits per heavy atom. The van der Waals surface area contributed by atoms with Crippen molar-refractivity contribution in [3.05, 3.63) is 29.6 Å². The van der Waals surface area contributed by atoms with Crippen molar-refractivity contribution < 1.29 is 18.8 Å². The monoisotopic (exact) mass is 402 g/mol. The summed E-state index contributed by atoms with van der Waals surface area (Å²) in [5.74, 6) is -1.26. The van der Waals surface area contributed by atoms with E-state index in [2.05, 4.69) is 18.7 Å². The molecule has 0 saturated carbocycles. The van der Waals surface area contributed by atoms with Gasteiger partial charge in [-0.1, -0.05) is 0 Å². The molecule has 8 heteroatoms. The van der Waals surface area contributed by atoms with E-state index < -0.39 is 11.9 Å². The summed E-state index contributed by atoms with van der Waals surface area (Å²) in [5.41, 5.74) is 0.477. The highest BCUT2D eigenvalue weighted by Crippen LogP contribution is 2.33. The lowest BCUT2D eigenvalue weighted by Gasteiger charge is -2.37. The first-order valence-corrected chi connectivity index (χ1v) is 10.3. The predicted molar refractivity (Wildman–Crippen MR) is 106 cm³/mol. The molecule has 3 heterocycles. The smallest absolute Gasteiger partial charge is 0.256 e. The molecule has 156 valence electrons. The average Bonchev–Trinajstić information content (AvgIpc) is 3.18. The predicted octanol–water partition coefficient (Wildman–Crippen LogP) is 1.33. The first-order chi connectivity index (χ1) is 13.9. The molecule has 2 saturated heterocycles. The Hall–Kier alpha value is -2.48. The maximum atomic E-state index is 13.9. The van der Waals surface area contributed by atoms with Crippen LogP contribution in [0.2, 0.25) is 0 Å². The molecule has 3 aliphatic heterocycles. The second kappa shape index (κ2) is 7.74. The molecule has 7 nitrogen and oxygen atoms in total. The number of nitrogens with zero attached hydrogens (tertiary/aromatic N) is 4. The molecule has 3 aliphatic rings. The number of carbonyl (C=O) groups is 3. The van der Waals surface area contributed by atoms with Gasteiger partial charge in [-0.05, 0) is 44.9 Å². The number of hydrogen-bond donors (Lipinski definition) is 0.